The Labute approximate surface area is 182 Å². The van der Waals surface area contributed by atoms with Crippen LogP contribution in [0.15, 0.2) is 54.6 Å². The van der Waals surface area contributed by atoms with Crippen LogP contribution < -0.4 is 11.1 Å². The normalized spacial score (nSPS) is 10.8. The monoisotopic (exact) mass is 427 g/mol. The van der Waals surface area contributed by atoms with E-state index < -0.39 is 0 Å². The second kappa shape index (κ2) is 9.53. The smallest absolute Gasteiger partial charge is 0.0493 e. The Morgan fingerprint density at radius 1 is 0.897 bits per heavy atom. The number of hydrogen-bond acceptors (Lipinski definition) is 2. The number of anilines is 1. The fourth-order valence-electron chi connectivity index (χ4n) is 3.58. The highest BCUT2D eigenvalue weighted by Crippen LogP contribution is 2.33. The van der Waals surface area contributed by atoms with Crippen molar-refractivity contribution in [2.75, 3.05) is 11.9 Å². The van der Waals surface area contributed by atoms with E-state index in [2.05, 4.69) is 40.2 Å². The molecule has 0 radical (unpaired) electrons. The van der Waals surface area contributed by atoms with Crippen LogP contribution in [0.4, 0.5) is 5.69 Å². The van der Waals surface area contributed by atoms with E-state index in [4.69, 9.17) is 28.9 Å². The van der Waals surface area contributed by atoms with Gasteiger partial charge in [0.1, 0.15) is 0 Å². The molecule has 4 aromatic rings. The summed E-state index contributed by atoms with van der Waals surface area (Å²) in [6.07, 6.45) is 0. The Morgan fingerprint density at radius 2 is 1.59 bits per heavy atom. The van der Waals surface area contributed by atoms with Crippen molar-refractivity contribution in [3.8, 4) is 0 Å². The topological polar surface area (TPSA) is 43.0 Å². The quantitative estimate of drug-likeness (QED) is 0.359. The number of aromatic nitrogens is 1. The number of benzene rings is 3. The number of hydrogen-bond donors (Lipinski definition) is 2. The predicted molar refractivity (Wildman–Crippen MR) is 128 cm³/mol. The molecule has 29 heavy (non-hydrogen) atoms. The van der Waals surface area contributed by atoms with Gasteiger partial charge in [-0.3, -0.25) is 0 Å². The van der Waals surface area contributed by atoms with Gasteiger partial charge in [-0.1, -0.05) is 49.2 Å². The van der Waals surface area contributed by atoms with Crippen LogP contribution in [0.3, 0.4) is 0 Å². The lowest BCUT2D eigenvalue weighted by Crippen LogP contribution is -2.09. The average Bonchev–Trinajstić information content (AvgIpc) is 3.03. The maximum Gasteiger partial charge on any atom is 0.0493 e. The first kappa shape index (κ1) is 21.5. The molecule has 3 nitrogen and oxygen atoms in total. The fraction of sp³-hybridized carbons (Fsp3) is 0.250. The Balaban J connectivity index is 0.00000117. The summed E-state index contributed by atoms with van der Waals surface area (Å²) in [5, 5.41) is 7.38. The zero-order chi connectivity index (χ0) is 21.0. The molecule has 5 heteroatoms. The molecule has 0 aliphatic heterocycles. The molecule has 0 spiro atoms. The van der Waals surface area contributed by atoms with Crippen molar-refractivity contribution < 1.29 is 0 Å². The van der Waals surface area contributed by atoms with Gasteiger partial charge in [-0.2, -0.15) is 0 Å². The highest BCUT2D eigenvalue weighted by molar-refractivity contribution is 6.32. The van der Waals surface area contributed by atoms with Crippen LogP contribution in [0.25, 0.3) is 21.8 Å². The van der Waals surface area contributed by atoms with Gasteiger partial charge in [0.2, 0.25) is 0 Å². The van der Waals surface area contributed by atoms with Gasteiger partial charge in [0.05, 0.1) is 0 Å². The molecule has 0 amide bonds. The first-order valence-electron chi connectivity index (χ1n) is 9.97. The van der Waals surface area contributed by atoms with Crippen molar-refractivity contribution in [2.24, 2.45) is 5.73 Å². The van der Waals surface area contributed by atoms with E-state index in [1.54, 1.807) is 0 Å². The molecule has 0 saturated heterocycles. The van der Waals surface area contributed by atoms with E-state index >= 15 is 0 Å². The first-order valence-corrected chi connectivity index (χ1v) is 10.7. The summed E-state index contributed by atoms with van der Waals surface area (Å²) < 4.78 is 2.26. The number of halogens is 2. The number of aryl methyl sites for hydroxylation is 1. The standard InChI is InChI=1S/C22H21Cl2N3.C2H6/c1-14-10-15(2-5-20(14)24)13-26-17-4-7-22-19(12-17)18-11-16(23)3-6-21(18)27(22)9-8-25;1-2/h2-7,10-12,26H,8-9,13,25H2,1H3;1-2H3. The number of fused-ring (bicyclic) bond motifs is 3. The van der Waals surface area contributed by atoms with E-state index in [-0.39, 0.29) is 0 Å². The summed E-state index contributed by atoms with van der Waals surface area (Å²) in [5.74, 6) is 0. The molecular formula is C24H27Cl2N3. The van der Waals surface area contributed by atoms with Crippen LogP contribution in [0.5, 0.6) is 0 Å². The summed E-state index contributed by atoms with van der Waals surface area (Å²) in [7, 11) is 0. The molecule has 0 aliphatic carbocycles. The molecule has 1 heterocycles. The van der Waals surface area contributed by atoms with Gasteiger partial charge < -0.3 is 15.6 Å². The Morgan fingerprint density at radius 3 is 2.28 bits per heavy atom. The van der Waals surface area contributed by atoms with Gasteiger partial charge in [0, 0.05) is 57.2 Å². The van der Waals surface area contributed by atoms with Crippen molar-refractivity contribution in [3.63, 3.8) is 0 Å². The van der Waals surface area contributed by atoms with Crippen LogP contribution >= 0.6 is 23.2 Å². The largest absolute Gasteiger partial charge is 0.381 e. The summed E-state index contributed by atoms with van der Waals surface area (Å²) in [4.78, 5) is 0. The minimum absolute atomic E-state index is 0.595. The zero-order valence-electron chi connectivity index (χ0n) is 17.1. The molecule has 3 aromatic carbocycles. The molecule has 0 aliphatic rings. The number of rotatable bonds is 5. The molecule has 0 saturated carbocycles. The third kappa shape index (κ3) is 4.53. The van der Waals surface area contributed by atoms with Gasteiger partial charge in [-0.25, -0.2) is 0 Å². The van der Waals surface area contributed by atoms with Crippen molar-refractivity contribution in [1.29, 1.82) is 0 Å². The average molecular weight is 428 g/mol. The van der Waals surface area contributed by atoms with Crippen molar-refractivity contribution in [1.82, 2.24) is 4.57 Å². The van der Waals surface area contributed by atoms with Crippen LogP contribution in [0, 0.1) is 6.92 Å². The fourth-order valence-corrected chi connectivity index (χ4v) is 3.87. The minimum atomic E-state index is 0.595. The molecule has 0 bridgehead atoms. The predicted octanol–water partition coefficient (Wildman–Crippen LogP) is 7.01. The molecule has 4 rings (SSSR count). The molecular weight excluding hydrogens is 401 g/mol. The Bertz CT molecular complexity index is 1130. The van der Waals surface area contributed by atoms with E-state index in [1.165, 1.54) is 16.5 Å². The first-order chi connectivity index (χ1) is 14.1. The van der Waals surface area contributed by atoms with E-state index in [0.29, 0.717) is 6.54 Å². The van der Waals surface area contributed by atoms with Crippen molar-refractivity contribution in [2.45, 2.75) is 33.9 Å². The molecule has 0 atom stereocenters. The molecule has 0 unspecified atom stereocenters. The van der Waals surface area contributed by atoms with Crippen LogP contribution in [0.2, 0.25) is 10.0 Å². The van der Waals surface area contributed by atoms with Gasteiger partial charge in [-0.15, -0.1) is 0 Å². The highest BCUT2D eigenvalue weighted by atomic mass is 35.5. The number of nitrogens with zero attached hydrogens (tertiary/aromatic N) is 1. The van der Waals surface area contributed by atoms with Crippen LogP contribution in [-0.4, -0.2) is 11.1 Å². The van der Waals surface area contributed by atoms with Crippen LogP contribution in [0.1, 0.15) is 25.0 Å². The second-order valence-corrected chi connectivity index (χ2v) is 7.61. The Kier molecular flexibility index (Phi) is 7.07. The lowest BCUT2D eigenvalue weighted by atomic mass is 10.1. The van der Waals surface area contributed by atoms with E-state index in [1.807, 2.05) is 45.0 Å². The zero-order valence-corrected chi connectivity index (χ0v) is 18.6. The van der Waals surface area contributed by atoms with Gasteiger partial charge in [-0.05, 0) is 60.5 Å². The number of nitrogens with one attached hydrogen (secondary N) is 1. The van der Waals surface area contributed by atoms with Crippen molar-refractivity contribution in [3.05, 3.63) is 75.8 Å². The SMILES string of the molecule is CC.Cc1cc(CNc2ccc3c(c2)c2cc(Cl)ccc2n3CCN)ccc1Cl. The lowest BCUT2D eigenvalue weighted by Gasteiger charge is -2.09. The van der Waals surface area contributed by atoms with Gasteiger partial charge in [0.15, 0.2) is 0 Å². The lowest BCUT2D eigenvalue weighted by molar-refractivity contribution is 0.758. The van der Waals surface area contributed by atoms with Gasteiger partial charge >= 0.3 is 0 Å². The second-order valence-electron chi connectivity index (χ2n) is 6.77. The molecule has 1 aromatic heterocycles. The van der Waals surface area contributed by atoms with E-state index in [0.717, 1.165) is 45.3 Å². The summed E-state index contributed by atoms with van der Waals surface area (Å²) in [6.45, 7) is 8.13. The Hall–Kier alpha value is -2.20. The van der Waals surface area contributed by atoms with Gasteiger partial charge in [0.25, 0.3) is 0 Å². The van der Waals surface area contributed by atoms with Crippen molar-refractivity contribution >= 4 is 50.7 Å². The highest BCUT2D eigenvalue weighted by Gasteiger charge is 2.11. The maximum absolute atomic E-state index is 6.25. The third-order valence-electron chi connectivity index (χ3n) is 4.90. The number of nitrogens with two attached hydrogens (primary N) is 1. The van der Waals surface area contributed by atoms with E-state index in [9.17, 15) is 0 Å². The summed E-state index contributed by atoms with van der Waals surface area (Å²) in [6, 6.07) is 18.6. The summed E-state index contributed by atoms with van der Waals surface area (Å²) in [5.41, 5.74) is 11.5. The molecule has 3 N–H and O–H groups in total. The third-order valence-corrected chi connectivity index (χ3v) is 5.56. The molecule has 0 fully saturated rings. The maximum atomic E-state index is 6.25. The molecule has 152 valence electrons. The summed E-state index contributed by atoms with van der Waals surface area (Å²) >= 11 is 12.4. The minimum Gasteiger partial charge on any atom is -0.381 e. The van der Waals surface area contributed by atoms with Crippen LogP contribution in [-0.2, 0) is 13.1 Å².